The Labute approximate surface area is 221 Å². The number of anilines is 1. The number of nitrogens with zero attached hydrogens (tertiary/aromatic N) is 4. The third-order valence-corrected chi connectivity index (χ3v) is 7.19. The van der Waals surface area contributed by atoms with Crippen molar-refractivity contribution in [1.82, 2.24) is 29.6 Å². The van der Waals surface area contributed by atoms with Crippen molar-refractivity contribution in [2.75, 3.05) is 12.3 Å². The van der Waals surface area contributed by atoms with Crippen LogP contribution in [0, 0.1) is 6.92 Å². The average Bonchev–Trinajstić information content (AvgIpc) is 3.62. The molecule has 0 bridgehead atoms. The van der Waals surface area contributed by atoms with Crippen LogP contribution in [0.5, 0.6) is 0 Å². The number of carbonyl (C=O) groups excluding carboxylic acids is 2. The van der Waals surface area contributed by atoms with Crippen LogP contribution in [0.3, 0.4) is 0 Å². The topological polar surface area (TPSA) is 126 Å². The molecule has 0 aliphatic carbocycles. The average molecular weight is 560 g/mol. The number of imidazole rings is 1. The van der Waals surface area contributed by atoms with Gasteiger partial charge in [-0.3, -0.25) is 9.59 Å². The van der Waals surface area contributed by atoms with Crippen molar-refractivity contribution in [2.24, 2.45) is 0 Å². The molecule has 1 aliphatic rings. The van der Waals surface area contributed by atoms with Crippen LogP contribution in [-0.4, -0.2) is 65.2 Å². The summed E-state index contributed by atoms with van der Waals surface area (Å²) >= 11 is 5.52. The number of benzene rings is 2. The zero-order chi connectivity index (χ0) is 27.9. The number of H-pyrrole nitrogens is 2. The molecule has 2 aromatic carbocycles. The smallest absolute Gasteiger partial charge is 0.345 e. The number of nitrogens with one attached hydrogen (secondary N) is 2. The standard InChI is InChI=1S/C25H18ClF4N7O2/c1-11-33-17-5-3-14(8-18(17)34-11)37-21(31)15(9-32-37)20(38)19-7-13-6-12(2-4-16(13)35-19)22(39)36-10-24(27,28)25(29,30)23(36)26/h2-9,23,35H,10,31H2,1H3,(H,33,34). The molecular formula is C25H18ClF4N7O2. The lowest BCUT2D eigenvalue weighted by Crippen LogP contribution is -2.42. The Morgan fingerprint density at radius 3 is 2.56 bits per heavy atom. The minimum absolute atomic E-state index is 0.0918. The fraction of sp³-hybridized carbons (Fsp3) is 0.200. The molecule has 14 heteroatoms. The lowest BCUT2D eigenvalue weighted by Gasteiger charge is -2.21. The SMILES string of the molecule is Cc1nc2ccc(-n3ncc(C(=O)c4cc5cc(C(=O)N6CC(F)(F)C(F)(F)C6Cl)ccc5[nH]4)c3N)cc2[nH]1. The second-order valence-corrected chi connectivity index (χ2v) is 9.70. The first-order valence-electron chi connectivity index (χ1n) is 11.6. The second-order valence-electron chi connectivity index (χ2n) is 9.29. The summed E-state index contributed by atoms with van der Waals surface area (Å²) in [7, 11) is 0. The lowest BCUT2D eigenvalue weighted by molar-refractivity contribution is -0.177. The minimum atomic E-state index is -4.57. The third kappa shape index (κ3) is 3.75. The van der Waals surface area contributed by atoms with Gasteiger partial charge in [0.2, 0.25) is 5.78 Å². The van der Waals surface area contributed by atoms with Crippen molar-refractivity contribution in [3.05, 3.63) is 71.3 Å². The number of nitrogen functional groups attached to an aromatic ring is 1. The summed E-state index contributed by atoms with van der Waals surface area (Å²) in [5.41, 5.74) is 6.45. The molecule has 1 atom stereocenters. The Balaban J connectivity index is 1.28. The number of amides is 1. The molecule has 1 amide bonds. The third-order valence-electron chi connectivity index (χ3n) is 6.68. The first-order valence-corrected chi connectivity index (χ1v) is 12.0. The van der Waals surface area contributed by atoms with E-state index in [1.165, 1.54) is 35.1 Å². The van der Waals surface area contributed by atoms with Gasteiger partial charge in [0, 0.05) is 16.5 Å². The maximum Gasteiger partial charge on any atom is 0.345 e. The van der Waals surface area contributed by atoms with E-state index in [1.54, 1.807) is 18.2 Å². The summed E-state index contributed by atoms with van der Waals surface area (Å²) in [6.07, 6.45) is 1.33. The van der Waals surface area contributed by atoms with E-state index in [-0.39, 0.29) is 27.5 Å². The van der Waals surface area contributed by atoms with Gasteiger partial charge in [-0.15, -0.1) is 0 Å². The van der Waals surface area contributed by atoms with Crippen LogP contribution in [0.4, 0.5) is 23.4 Å². The lowest BCUT2D eigenvalue weighted by atomic mass is 10.1. The van der Waals surface area contributed by atoms with Crippen LogP contribution in [0.15, 0.2) is 48.7 Å². The van der Waals surface area contributed by atoms with Crippen molar-refractivity contribution < 1.29 is 27.2 Å². The van der Waals surface area contributed by atoms with E-state index in [0.29, 0.717) is 16.6 Å². The number of ketones is 1. The number of alkyl halides is 5. The highest BCUT2D eigenvalue weighted by Crippen LogP contribution is 2.47. The van der Waals surface area contributed by atoms with Crippen LogP contribution in [0.2, 0.25) is 0 Å². The van der Waals surface area contributed by atoms with Crippen LogP contribution >= 0.6 is 11.6 Å². The number of likely N-dealkylation sites (tertiary alicyclic amines) is 1. The molecule has 5 aromatic rings. The quantitative estimate of drug-likeness (QED) is 0.128. The second kappa shape index (κ2) is 8.30. The molecule has 0 spiro atoms. The molecule has 3 aromatic heterocycles. The number of carbonyl (C=O) groups is 2. The van der Waals surface area contributed by atoms with Gasteiger partial charge in [-0.05, 0) is 49.4 Å². The predicted octanol–water partition coefficient (Wildman–Crippen LogP) is 4.64. The molecule has 1 fully saturated rings. The van der Waals surface area contributed by atoms with Gasteiger partial charge in [0.05, 0.1) is 40.7 Å². The minimum Gasteiger partial charge on any atom is -0.383 e. The summed E-state index contributed by atoms with van der Waals surface area (Å²) < 4.78 is 56.5. The molecule has 39 heavy (non-hydrogen) atoms. The summed E-state index contributed by atoms with van der Waals surface area (Å²) in [6, 6.07) is 10.8. The first-order chi connectivity index (χ1) is 18.4. The molecule has 0 saturated carbocycles. The molecule has 1 saturated heterocycles. The monoisotopic (exact) mass is 559 g/mol. The van der Waals surface area contributed by atoms with Gasteiger partial charge in [-0.2, -0.15) is 22.7 Å². The summed E-state index contributed by atoms with van der Waals surface area (Å²) in [5, 5.41) is 4.62. The van der Waals surface area contributed by atoms with Gasteiger partial charge in [0.1, 0.15) is 11.6 Å². The number of aromatic amines is 2. The van der Waals surface area contributed by atoms with Gasteiger partial charge in [0.15, 0.2) is 5.50 Å². The molecule has 1 unspecified atom stereocenters. The number of fused-ring (bicyclic) bond motifs is 2. The predicted molar refractivity (Wildman–Crippen MR) is 135 cm³/mol. The number of aryl methyl sites for hydroxylation is 1. The van der Waals surface area contributed by atoms with E-state index in [4.69, 9.17) is 17.3 Å². The molecule has 4 N–H and O–H groups in total. The van der Waals surface area contributed by atoms with Crippen molar-refractivity contribution in [1.29, 1.82) is 0 Å². The summed E-state index contributed by atoms with van der Waals surface area (Å²) in [6.45, 7) is 0.313. The van der Waals surface area contributed by atoms with E-state index < -0.39 is 35.6 Å². The Morgan fingerprint density at radius 1 is 1.08 bits per heavy atom. The largest absolute Gasteiger partial charge is 0.383 e. The van der Waals surface area contributed by atoms with Crippen LogP contribution < -0.4 is 5.73 Å². The van der Waals surface area contributed by atoms with E-state index in [0.717, 1.165) is 16.9 Å². The Morgan fingerprint density at radius 2 is 1.85 bits per heavy atom. The summed E-state index contributed by atoms with van der Waals surface area (Å²) in [5.74, 6) is -9.77. The van der Waals surface area contributed by atoms with Crippen molar-refractivity contribution in [3.8, 4) is 5.69 Å². The van der Waals surface area contributed by atoms with E-state index in [9.17, 15) is 27.2 Å². The van der Waals surface area contributed by atoms with Gasteiger partial charge < -0.3 is 20.6 Å². The fourth-order valence-corrected chi connectivity index (χ4v) is 4.96. The molecule has 1 aliphatic heterocycles. The van der Waals surface area contributed by atoms with Crippen LogP contribution in [0.1, 0.15) is 32.2 Å². The molecule has 4 heterocycles. The zero-order valence-corrected chi connectivity index (χ0v) is 20.7. The van der Waals surface area contributed by atoms with Crippen molar-refractivity contribution in [2.45, 2.75) is 24.3 Å². The Kier molecular flexibility index (Phi) is 5.31. The molecule has 9 nitrogen and oxygen atoms in total. The number of aromatic nitrogens is 5. The molecule has 200 valence electrons. The van der Waals surface area contributed by atoms with E-state index >= 15 is 0 Å². The van der Waals surface area contributed by atoms with Gasteiger partial charge in [-0.25, -0.2) is 9.67 Å². The van der Waals surface area contributed by atoms with Gasteiger partial charge in [-0.1, -0.05) is 11.6 Å². The van der Waals surface area contributed by atoms with Crippen LogP contribution in [0.25, 0.3) is 27.6 Å². The normalized spacial score (nSPS) is 18.3. The van der Waals surface area contributed by atoms with Crippen molar-refractivity contribution >= 4 is 51.0 Å². The Bertz CT molecular complexity index is 1810. The number of hydrogen-bond donors (Lipinski definition) is 3. The highest BCUT2D eigenvalue weighted by atomic mass is 35.5. The van der Waals surface area contributed by atoms with Gasteiger partial charge in [0.25, 0.3) is 5.91 Å². The molecule has 6 rings (SSSR count). The van der Waals surface area contributed by atoms with E-state index in [2.05, 4.69) is 20.1 Å². The Hall–Kier alpha value is -4.39. The number of hydrogen-bond acceptors (Lipinski definition) is 5. The highest BCUT2D eigenvalue weighted by Gasteiger charge is 2.69. The van der Waals surface area contributed by atoms with E-state index in [1.807, 2.05) is 6.92 Å². The molecule has 0 radical (unpaired) electrons. The molecular weight excluding hydrogens is 542 g/mol. The van der Waals surface area contributed by atoms with Crippen molar-refractivity contribution in [3.63, 3.8) is 0 Å². The number of nitrogens with two attached hydrogens (primary N) is 1. The summed E-state index contributed by atoms with van der Waals surface area (Å²) in [4.78, 5) is 36.7. The highest BCUT2D eigenvalue weighted by molar-refractivity contribution is 6.23. The fourth-order valence-electron chi connectivity index (χ4n) is 4.64. The zero-order valence-electron chi connectivity index (χ0n) is 20.0. The maximum absolute atomic E-state index is 13.8. The maximum atomic E-state index is 13.8. The number of halogens is 5. The first kappa shape index (κ1) is 24.9. The van der Waals surface area contributed by atoms with Gasteiger partial charge >= 0.3 is 11.8 Å². The number of rotatable bonds is 4. The van der Waals surface area contributed by atoms with Crippen LogP contribution in [-0.2, 0) is 0 Å².